The maximum Gasteiger partial charge on any atom is 0.124 e. The molecular formula is C11H19N3O. The fraction of sp³-hybridized carbons (Fsp3) is 0.727. The van der Waals surface area contributed by atoms with Gasteiger partial charge in [0.1, 0.15) is 5.82 Å². The van der Waals surface area contributed by atoms with Crippen LogP contribution < -0.4 is 5.32 Å². The molecule has 0 saturated carbocycles. The van der Waals surface area contributed by atoms with Crippen LogP contribution in [0, 0.1) is 5.92 Å². The van der Waals surface area contributed by atoms with Crippen molar-refractivity contribution in [1.29, 1.82) is 0 Å². The molecule has 0 aliphatic carbocycles. The van der Waals surface area contributed by atoms with E-state index in [1.807, 2.05) is 24.0 Å². The van der Waals surface area contributed by atoms with Crippen LogP contribution in [0.3, 0.4) is 0 Å². The van der Waals surface area contributed by atoms with E-state index in [1.165, 1.54) is 6.42 Å². The molecule has 4 heteroatoms. The van der Waals surface area contributed by atoms with Gasteiger partial charge in [0.15, 0.2) is 0 Å². The summed E-state index contributed by atoms with van der Waals surface area (Å²) in [5.74, 6) is 1.73. The topological polar surface area (TPSA) is 39.1 Å². The van der Waals surface area contributed by atoms with Crippen LogP contribution in [0.2, 0.25) is 0 Å². The number of ether oxygens (including phenoxy) is 1. The van der Waals surface area contributed by atoms with Crippen molar-refractivity contribution in [3.05, 3.63) is 12.3 Å². The minimum Gasteiger partial charge on any atom is -0.381 e. The van der Waals surface area contributed by atoms with Gasteiger partial charge in [-0.2, -0.15) is 5.10 Å². The molecule has 0 bridgehead atoms. The third kappa shape index (κ3) is 2.31. The van der Waals surface area contributed by atoms with E-state index in [9.17, 15) is 0 Å². The molecule has 1 aromatic rings. The van der Waals surface area contributed by atoms with Crippen LogP contribution in [-0.4, -0.2) is 29.0 Å². The molecular weight excluding hydrogens is 190 g/mol. The molecule has 2 heterocycles. The molecule has 1 saturated heterocycles. The number of aryl methyl sites for hydroxylation is 1. The van der Waals surface area contributed by atoms with Gasteiger partial charge in [-0.25, -0.2) is 0 Å². The first-order valence-corrected chi connectivity index (χ1v) is 5.63. The zero-order chi connectivity index (χ0) is 10.7. The van der Waals surface area contributed by atoms with E-state index in [0.717, 1.165) is 25.5 Å². The molecule has 1 N–H and O–H groups in total. The van der Waals surface area contributed by atoms with Gasteiger partial charge >= 0.3 is 0 Å². The average molecular weight is 209 g/mol. The Morgan fingerprint density at radius 2 is 2.60 bits per heavy atom. The Morgan fingerprint density at radius 1 is 1.73 bits per heavy atom. The molecule has 2 atom stereocenters. The normalized spacial score (nSPS) is 22.9. The third-order valence-corrected chi connectivity index (χ3v) is 3.13. The van der Waals surface area contributed by atoms with Crippen molar-refractivity contribution in [2.75, 3.05) is 18.5 Å². The smallest absolute Gasteiger partial charge is 0.124 e. The van der Waals surface area contributed by atoms with Crippen LogP contribution in [0.25, 0.3) is 0 Å². The molecule has 1 aliphatic rings. The quantitative estimate of drug-likeness (QED) is 0.819. The minimum absolute atomic E-state index is 0.503. The van der Waals surface area contributed by atoms with Crippen LogP contribution >= 0.6 is 0 Å². The van der Waals surface area contributed by atoms with Crippen LogP contribution in [0.4, 0.5) is 5.82 Å². The summed E-state index contributed by atoms with van der Waals surface area (Å²) < 4.78 is 7.30. The summed E-state index contributed by atoms with van der Waals surface area (Å²) in [7, 11) is 1.96. The molecule has 84 valence electrons. The van der Waals surface area contributed by atoms with Gasteiger partial charge in [-0.1, -0.05) is 6.92 Å². The van der Waals surface area contributed by atoms with Crippen LogP contribution in [0.5, 0.6) is 0 Å². The van der Waals surface area contributed by atoms with Gasteiger partial charge in [0.25, 0.3) is 0 Å². The average Bonchev–Trinajstić information content (AvgIpc) is 2.86. The van der Waals surface area contributed by atoms with Crippen molar-refractivity contribution in [1.82, 2.24) is 9.78 Å². The van der Waals surface area contributed by atoms with Crippen molar-refractivity contribution >= 4 is 5.82 Å². The van der Waals surface area contributed by atoms with Crippen molar-refractivity contribution in [2.24, 2.45) is 13.0 Å². The Kier molecular flexibility index (Phi) is 3.26. The summed E-state index contributed by atoms with van der Waals surface area (Å²) in [5, 5.41) is 7.69. The zero-order valence-corrected chi connectivity index (χ0v) is 9.44. The Morgan fingerprint density at radius 3 is 3.13 bits per heavy atom. The lowest BCUT2D eigenvalue weighted by molar-refractivity contribution is 0.181. The molecule has 4 nitrogen and oxygen atoms in total. The van der Waals surface area contributed by atoms with E-state index >= 15 is 0 Å². The summed E-state index contributed by atoms with van der Waals surface area (Å²) >= 11 is 0. The Balaban J connectivity index is 1.98. The van der Waals surface area contributed by atoms with E-state index in [1.54, 1.807) is 0 Å². The van der Waals surface area contributed by atoms with Gasteiger partial charge in [-0.05, 0) is 12.8 Å². The molecule has 1 fully saturated rings. The number of hydrogen-bond donors (Lipinski definition) is 1. The fourth-order valence-electron chi connectivity index (χ4n) is 2.13. The van der Waals surface area contributed by atoms with Crippen molar-refractivity contribution in [3.8, 4) is 0 Å². The highest BCUT2D eigenvalue weighted by Gasteiger charge is 2.24. The molecule has 0 spiro atoms. The number of nitrogens with one attached hydrogen (secondary N) is 1. The summed E-state index contributed by atoms with van der Waals surface area (Å²) in [6, 6.07) is 2.52. The molecule has 2 unspecified atom stereocenters. The lowest BCUT2D eigenvalue weighted by atomic mass is 9.97. The van der Waals surface area contributed by atoms with E-state index in [0.29, 0.717) is 12.0 Å². The Bertz CT molecular complexity index is 305. The molecule has 2 rings (SSSR count). The highest BCUT2D eigenvalue weighted by Crippen LogP contribution is 2.22. The monoisotopic (exact) mass is 209 g/mol. The fourth-order valence-corrected chi connectivity index (χ4v) is 2.13. The van der Waals surface area contributed by atoms with Gasteiger partial charge in [0.05, 0.1) is 12.8 Å². The summed E-state index contributed by atoms with van der Waals surface area (Å²) in [6.07, 6.45) is 4.11. The first-order valence-electron chi connectivity index (χ1n) is 5.63. The molecule has 15 heavy (non-hydrogen) atoms. The van der Waals surface area contributed by atoms with Crippen molar-refractivity contribution in [2.45, 2.75) is 25.8 Å². The van der Waals surface area contributed by atoms with Gasteiger partial charge in [-0.3, -0.25) is 4.68 Å². The largest absolute Gasteiger partial charge is 0.381 e. The molecule has 0 amide bonds. The maximum absolute atomic E-state index is 5.43. The number of rotatable bonds is 4. The third-order valence-electron chi connectivity index (χ3n) is 3.13. The second-order valence-electron chi connectivity index (χ2n) is 4.12. The predicted molar refractivity (Wildman–Crippen MR) is 59.8 cm³/mol. The van der Waals surface area contributed by atoms with Crippen molar-refractivity contribution < 1.29 is 4.74 Å². The highest BCUT2D eigenvalue weighted by atomic mass is 16.5. The molecule has 0 aromatic carbocycles. The summed E-state index contributed by atoms with van der Waals surface area (Å²) in [6.45, 7) is 4.02. The van der Waals surface area contributed by atoms with Gasteiger partial charge in [-0.15, -0.1) is 0 Å². The summed E-state index contributed by atoms with van der Waals surface area (Å²) in [5.41, 5.74) is 0. The lowest BCUT2D eigenvalue weighted by Crippen LogP contribution is -2.29. The van der Waals surface area contributed by atoms with Gasteiger partial charge < -0.3 is 10.1 Å². The van der Waals surface area contributed by atoms with Crippen LogP contribution in [0.1, 0.15) is 19.8 Å². The summed E-state index contributed by atoms with van der Waals surface area (Å²) in [4.78, 5) is 0. The highest BCUT2D eigenvalue weighted by molar-refractivity contribution is 5.35. The molecule has 1 aromatic heterocycles. The minimum atomic E-state index is 0.503. The van der Waals surface area contributed by atoms with E-state index in [-0.39, 0.29) is 0 Å². The first-order chi connectivity index (χ1) is 7.31. The number of anilines is 1. The maximum atomic E-state index is 5.43. The molecule has 0 radical (unpaired) electrons. The van der Waals surface area contributed by atoms with E-state index in [4.69, 9.17) is 4.74 Å². The number of nitrogens with zero attached hydrogens (tertiary/aromatic N) is 2. The van der Waals surface area contributed by atoms with Gasteiger partial charge in [0.2, 0.25) is 0 Å². The zero-order valence-electron chi connectivity index (χ0n) is 9.44. The van der Waals surface area contributed by atoms with E-state index in [2.05, 4.69) is 17.3 Å². The second-order valence-corrected chi connectivity index (χ2v) is 4.12. The lowest BCUT2D eigenvalue weighted by Gasteiger charge is -2.23. The Labute approximate surface area is 90.6 Å². The predicted octanol–water partition coefficient (Wildman–Crippen LogP) is 1.65. The van der Waals surface area contributed by atoms with Crippen LogP contribution in [-0.2, 0) is 11.8 Å². The SMILES string of the molecule is CCC(Nc1ccnn1C)C1CCOC1. The standard InChI is InChI=1S/C11H19N3O/c1-3-10(9-5-7-15-8-9)13-11-4-6-12-14(11)2/h4,6,9-10,13H,3,5,7-8H2,1-2H3. The number of aromatic nitrogens is 2. The van der Waals surface area contributed by atoms with Crippen molar-refractivity contribution in [3.63, 3.8) is 0 Å². The molecule has 1 aliphatic heterocycles. The number of hydrogen-bond acceptors (Lipinski definition) is 3. The Hall–Kier alpha value is -1.03. The second kappa shape index (κ2) is 4.66. The van der Waals surface area contributed by atoms with E-state index < -0.39 is 0 Å². The van der Waals surface area contributed by atoms with Crippen LogP contribution in [0.15, 0.2) is 12.3 Å². The first kappa shape index (κ1) is 10.5. The van der Waals surface area contributed by atoms with Gasteiger partial charge in [0, 0.05) is 31.7 Å².